The van der Waals surface area contributed by atoms with Crippen LogP contribution in [0.25, 0.3) is 0 Å². The van der Waals surface area contributed by atoms with E-state index < -0.39 is 0 Å². The van der Waals surface area contributed by atoms with Crippen molar-refractivity contribution in [3.8, 4) is 5.75 Å². The second-order valence-corrected chi connectivity index (χ2v) is 4.08. The van der Waals surface area contributed by atoms with Crippen molar-refractivity contribution < 1.29 is 4.74 Å². The van der Waals surface area contributed by atoms with Gasteiger partial charge in [0.1, 0.15) is 11.9 Å². The van der Waals surface area contributed by atoms with E-state index in [1.165, 1.54) is 0 Å². The van der Waals surface area contributed by atoms with Gasteiger partial charge in [-0.1, -0.05) is 27.5 Å². The largest absolute Gasteiger partial charge is 0.490 e. The van der Waals surface area contributed by atoms with Crippen molar-refractivity contribution in [2.24, 2.45) is 0 Å². The van der Waals surface area contributed by atoms with E-state index in [1.807, 2.05) is 32.0 Å². The minimum atomic E-state index is 0.180. The molecule has 1 aromatic carbocycles. The normalized spacial score (nSPS) is 12.6. The van der Waals surface area contributed by atoms with Crippen LogP contribution >= 0.6 is 27.5 Å². The van der Waals surface area contributed by atoms with Crippen LogP contribution < -0.4 is 4.74 Å². The van der Waals surface area contributed by atoms with Crippen LogP contribution in [0, 0.1) is 6.92 Å². The van der Waals surface area contributed by atoms with Gasteiger partial charge in [0.05, 0.1) is 0 Å². The average Bonchev–Trinajstić information content (AvgIpc) is 2.09. The Hall–Kier alpha value is -0.210. The second kappa shape index (κ2) is 4.87. The average molecular weight is 264 g/mol. The highest BCUT2D eigenvalue weighted by atomic mass is 79.9. The molecule has 3 heteroatoms. The quantitative estimate of drug-likeness (QED) is 0.754. The third-order valence-electron chi connectivity index (χ3n) is 1.68. The molecule has 0 aliphatic heterocycles. The molecule has 1 aromatic rings. The molecule has 1 rings (SSSR count). The molecule has 0 radical (unpaired) electrons. The van der Waals surface area contributed by atoms with Gasteiger partial charge in [0.15, 0.2) is 0 Å². The number of hydrogen-bond donors (Lipinski definition) is 0. The lowest BCUT2D eigenvalue weighted by Gasteiger charge is -2.13. The Morgan fingerprint density at radius 1 is 1.54 bits per heavy atom. The zero-order chi connectivity index (χ0) is 9.84. The first kappa shape index (κ1) is 10.9. The number of rotatable bonds is 3. The SMILES string of the molecule is Cc1cc(Cl)ccc1OC(C)CBr. The summed E-state index contributed by atoms with van der Waals surface area (Å²) in [5.41, 5.74) is 1.07. The van der Waals surface area contributed by atoms with Crippen LogP contribution in [-0.4, -0.2) is 11.4 Å². The van der Waals surface area contributed by atoms with E-state index >= 15 is 0 Å². The highest BCUT2D eigenvalue weighted by molar-refractivity contribution is 9.09. The maximum atomic E-state index is 5.82. The van der Waals surface area contributed by atoms with Crippen LogP contribution in [0.2, 0.25) is 5.02 Å². The molecule has 1 atom stereocenters. The molecule has 72 valence electrons. The summed E-state index contributed by atoms with van der Waals surface area (Å²) in [6.45, 7) is 4.00. The Labute approximate surface area is 92.2 Å². The van der Waals surface area contributed by atoms with Crippen LogP contribution in [0.4, 0.5) is 0 Å². The van der Waals surface area contributed by atoms with E-state index in [0.717, 1.165) is 21.7 Å². The Kier molecular flexibility index (Phi) is 4.07. The van der Waals surface area contributed by atoms with Gasteiger partial charge in [0, 0.05) is 10.4 Å². The molecular formula is C10H12BrClO. The van der Waals surface area contributed by atoms with E-state index in [4.69, 9.17) is 16.3 Å². The first-order chi connectivity index (χ1) is 6.13. The van der Waals surface area contributed by atoms with Crippen LogP contribution in [-0.2, 0) is 0 Å². The van der Waals surface area contributed by atoms with Crippen molar-refractivity contribution in [1.82, 2.24) is 0 Å². The first-order valence-corrected chi connectivity index (χ1v) is 5.62. The molecule has 13 heavy (non-hydrogen) atoms. The van der Waals surface area contributed by atoms with Crippen LogP contribution in [0.5, 0.6) is 5.75 Å². The predicted octanol–water partition coefficient (Wildman–Crippen LogP) is 3.81. The van der Waals surface area contributed by atoms with Gasteiger partial charge in [-0.25, -0.2) is 0 Å². The molecule has 0 aliphatic carbocycles. The van der Waals surface area contributed by atoms with E-state index in [-0.39, 0.29) is 6.10 Å². The molecule has 0 aromatic heterocycles. The summed E-state index contributed by atoms with van der Waals surface area (Å²) >= 11 is 9.18. The molecular weight excluding hydrogens is 251 g/mol. The highest BCUT2D eigenvalue weighted by Gasteiger charge is 2.04. The van der Waals surface area contributed by atoms with Gasteiger partial charge in [0.25, 0.3) is 0 Å². The Morgan fingerprint density at radius 3 is 2.77 bits per heavy atom. The Bertz CT molecular complexity index is 288. The number of benzene rings is 1. The van der Waals surface area contributed by atoms with Gasteiger partial charge >= 0.3 is 0 Å². The van der Waals surface area contributed by atoms with Crippen LogP contribution in [0.15, 0.2) is 18.2 Å². The third-order valence-corrected chi connectivity index (χ3v) is 2.83. The van der Waals surface area contributed by atoms with Gasteiger partial charge < -0.3 is 4.74 Å². The summed E-state index contributed by atoms with van der Waals surface area (Å²) < 4.78 is 5.64. The van der Waals surface area contributed by atoms with Crippen molar-refractivity contribution in [3.05, 3.63) is 28.8 Å². The topological polar surface area (TPSA) is 9.23 Å². The molecule has 0 saturated heterocycles. The van der Waals surface area contributed by atoms with Gasteiger partial charge in [-0.2, -0.15) is 0 Å². The summed E-state index contributed by atoms with van der Waals surface area (Å²) in [6, 6.07) is 5.64. The van der Waals surface area contributed by atoms with Crippen molar-refractivity contribution >= 4 is 27.5 Å². The molecule has 0 bridgehead atoms. The van der Waals surface area contributed by atoms with Gasteiger partial charge in [0.2, 0.25) is 0 Å². The van der Waals surface area contributed by atoms with Crippen molar-refractivity contribution in [3.63, 3.8) is 0 Å². The lowest BCUT2D eigenvalue weighted by Crippen LogP contribution is -2.13. The summed E-state index contributed by atoms with van der Waals surface area (Å²) in [7, 11) is 0. The standard InChI is InChI=1S/C10H12BrClO/c1-7-5-9(12)3-4-10(7)13-8(2)6-11/h3-5,8H,6H2,1-2H3. The maximum absolute atomic E-state index is 5.82. The fraction of sp³-hybridized carbons (Fsp3) is 0.400. The number of halogens is 2. The number of aryl methyl sites for hydroxylation is 1. The van der Waals surface area contributed by atoms with Crippen LogP contribution in [0.1, 0.15) is 12.5 Å². The molecule has 0 aliphatic rings. The lowest BCUT2D eigenvalue weighted by atomic mass is 10.2. The van der Waals surface area contributed by atoms with Gasteiger partial charge in [-0.15, -0.1) is 0 Å². The summed E-state index contributed by atoms with van der Waals surface area (Å²) in [5, 5.41) is 1.58. The van der Waals surface area contributed by atoms with Crippen molar-refractivity contribution in [2.75, 3.05) is 5.33 Å². The fourth-order valence-electron chi connectivity index (χ4n) is 0.993. The minimum Gasteiger partial charge on any atom is -0.490 e. The molecule has 1 unspecified atom stereocenters. The first-order valence-electron chi connectivity index (χ1n) is 4.12. The second-order valence-electron chi connectivity index (χ2n) is 2.99. The van der Waals surface area contributed by atoms with Crippen molar-refractivity contribution in [1.29, 1.82) is 0 Å². The third kappa shape index (κ3) is 3.20. The number of ether oxygens (including phenoxy) is 1. The van der Waals surface area contributed by atoms with E-state index in [2.05, 4.69) is 15.9 Å². The summed E-state index contributed by atoms with van der Waals surface area (Å²) in [6.07, 6.45) is 0.180. The highest BCUT2D eigenvalue weighted by Crippen LogP contribution is 2.22. The Balaban J connectivity index is 2.77. The fourth-order valence-corrected chi connectivity index (χ4v) is 1.35. The van der Waals surface area contributed by atoms with E-state index in [1.54, 1.807) is 0 Å². The molecule has 0 spiro atoms. The van der Waals surface area contributed by atoms with E-state index in [0.29, 0.717) is 0 Å². The molecule has 0 N–H and O–H groups in total. The monoisotopic (exact) mass is 262 g/mol. The molecule has 1 nitrogen and oxygen atoms in total. The maximum Gasteiger partial charge on any atom is 0.122 e. The van der Waals surface area contributed by atoms with Crippen LogP contribution in [0.3, 0.4) is 0 Å². The zero-order valence-corrected chi connectivity index (χ0v) is 10.0. The number of alkyl halides is 1. The number of hydrogen-bond acceptors (Lipinski definition) is 1. The lowest BCUT2D eigenvalue weighted by molar-refractivity contribution is 0.246. The zero-order valence-electron chi connectivity index (χ0n) is 7.68. The molecule has 0 saturated carbocycles. The minimum absolute atomic E-state index is 0.180. The molecule has 0 amide bonds. The van der Waals surface area contributed by atoms with E-state index in [9.17, 15) is 0 Å². The van der Waals surface area contributed by atoms with Gasteiger partial charge in [-0.3, -0.25) is 0 Å². The van der Waals surface area contributed by atoms with Crippen molar-refractivity contribution in [2.45, 2.75) is 20.0 Å². The smallest absolute Gasteiger partial charge is 0.122 e. The predicted molar refractivity (Wildman–Crippen MR) is 60.1 cm³/mol. The molecule has 0 fully saturated rings. The summed E-state index contributed by atoms with van der Waals surface area (Å²) in [4.78, 5) is 0. The molecule has 0 heterocycles. The summed E-state index contributed by atoms with van der Waals surface area (Å²) in [5.74, 6) is 0.899. The van der Waals surface area contributed by atoms with Gasteiger partial charge in [-0.05, 0) is 37.6 Å². The Morgan fingerprint density at radius 2 is 2.23 bits per heavy atom.